The van der Waals surface area contributed by atoms with Gasteiger partial charge in [0.25, 0.3) is 0 Å². The summed E-state index contributed by atoms with van der Waals surface area (Å²) >= 11 is 0. The maximum atomic E-state index is 12.9. The topological polar surface area (TPSA) is 110 Å². The fourth-order valence-electron chi connectivity index (χ4n) is 3.24. The van der Waals surface area contributed by atoms with Crippen LogP contribution in [0.15, 0.2) is 56.6 Å². The lowest BCUT2D eigenvalue weighted by Crippen LogP contribution is -2.48. The smallest absolute Gasteiger partial charge is 0.408 e. The Morgan fingerprint density at radius 3 is 2.56 bits per heavy atom. The van der Waals surface area contributed by atoms with E-state index in [1.807, 2.05) is 17.0 Å². The minimum atomic E-state index is -3.72. The summed E-state index contributed by atoms with van der Waals surface area (Å²) in [5.74, 6) is -0.505. The van der Waals surface area contributed by atoms with E-state index in [2.05, 4.69) is 4.98 Å². The Kier molecular flexibility index (Phi) is 4.22. The van der Waals surface area contributed by atoms with Crippen LogP contribution in [0.25, 0.3) is 11.1 Å². The maximum Gasteiger partial charge on any atom is 0.417 e. The summed E-state index contributed by atoms with van der Waals surface area (Å²) < 4.78 is 32.3. The lowest BCUT2D eigenvalue weighted by atomic mass is 10.2. The van der Waals surface area contributed by atoms with Crippen LogP contribution in [0.5, 0.6) is 0 Å². The number of hydrogen-bond acceptors (Lipinski definition) is 6. The highest BCUT2D eigenvalue weighted by Crippen LogP contribution is 2.25. The fourth-order valence-corrected chi connectivity index (χ4v) is 4.80. The molecule has 27 heavy (non-hydrogen) atoms. The largest absolute Gasteiger partial charge is 0.417 e. The summed E-state index contributed by atoms with van der Waals surface area (Å²) in [7, 11) is -3.72. The summed E-state index contributed by atoms with van der Waals surface area (Å²) in [6, 6.07) is 13.6. The van der Waals surface area contributed by atoms with E-state index in [4.69, 9.17) is 4.42 Å². The molecule has 138 valence electrons. The Bertz CT molecular complexity index is 1200. The molecule has 0 unspecified atom stereocenters. The van der Waals surface area contributed by atoms with Crippen LogP contribution < -0.4 is 10.7 Å². The molecule has 1 saturated heterocycles. The molecule has 1 fully saturated rings. The van der Waals surface area contributed by atoms with Crippen LogP contribution in [0.1, 0.15) is 5.56 Å². The van der Waals surface area contributed by atoms with Crippen LogP contribution in [-0.2, 0) is 10.0 Å². The van der Waals surface area contributed by atoms with Crippen LogP contribution in [-0.4, -0.2) is 43.9 Å². The Labute approximate surface area is 155 Å². The second-order valence-corrected chi connectivity index (χ2v) is 8.10. The molecule has 9 heteroatoms. The Balaban J connectivity index is 1.54. The highest BCUT2D eigenvalue weighted by atomic mass is 32.2. The predicted octanol–water partition coefficient (Wildman–Crippen LogP) is 1.50. The van der Waals surface area contributed by atoms with Gasteiger partial charge >= 0.3 is 5.76 Å². The standard InChI is InChI=1S/C18H16N4O4S/c19-12-13-3-1-2-4-17(13)27(24,25)22-9-7-21(8-10-22)14-5-6-15-16(11-14)26-18(23)20-15/h1-6,11H,7-10H2,(H,20,23). The molecule has 0 amide bonds. The van der Waals surface area contributed by atoms with Crippen LogP contribution in [0.4, 0.5) is 5.69 Å². The molecule has 1 aliphatic heterocycles. The third-order valence-corrected chi connectivity index (χ3v) is 6.59. The number of H-pyrrole nitrogens is 1. The van der Waals surface area contributed by atoms with Gasteiger partial charge in [0.05, 0.1) is 16.0 Å². The average Bonchev–Trinajstić information content (AvgIpc) is 3.07. The first kappa shape index (κ1) is 17.3. The number of nitriles is 1. The lowest BCUT2D eigenvalue weighted by Gasteiger charge is -2.35. The number of hydrogen-bond donors (Lipinski definition) is 1. The van der Waals surface area contributed by atoms with Gasteiger partial charge < -0.3 is 9.32 Å². The molecule has 2 heterocycles. The Morgan fingerprint density at radius 2 is 1.81 bits per heavy atom. The number of aromatic amines is 1. The van der Waals surface area contributed by atoms with Crippen molar-refractivity contribution in [1.29, 1.82) is 5.26 Å². The normalized spacial score (nSPS) is 15.7. The molecule has 1 N–H and O–H groups in total. The first-order chi connectivity index (χ1) is 13.0. The predicted molar refractivity (Wildman–Crippen MR) is 99.0 cm³/mol. The third-order valence-electron chi connectivity index (χ3n) is 4.63. The Morgan fingerprint density at radius 1 is 1.07 bits per heavy atom. The van der Waals surface area contributed by atoms with E-state index in [9.17, 15) is 18.5 Å². The van der Waals surface area contributed by atoms with Crippen molar-refractivity contribution in [2.75, 3.05) is 31.1 Å². The zero-order valence-corrected chi connectivity index (χ0v) is 15.1. The van der Waals surface area contributed by atoms with Crippen molar-refractivity contribution in [2.24, 2.45) is 0 Å². The number of nitrogens with zero attached hydrogens (tertiary/aromatic N) is 3. The number of anilines is 1. The number of sulfonamides is 1. The van der Waals surface area contributed by atoms with E-state index < -0.39 is 15.8 Å². The minimum absolute atomic E-state index is 0.0384. The number of benzene rings is 2. The number of fused-ring (bicyclic) bond motifs is 1. The molecule has 8 nitrogen and oxygen atoms in total. The van der Waals surface area contributed by atoms with Gasteiger partial charge in [-0.15, -0.1) is 0 Å². The molecular weight excluding hydrogens is 368 g/mol. The molecule has 0 aliphatic carbocycles. The number of piperazine rings is 1. The summed E-state index contributed by atoms with van der Waals surface area (Å²) in [5.41, 5.74) is 2.10. The van der Waals surface area contributed by atoms with Gasteiger partial charge in [0, 0.05) is 37.9 Å². The van der Waals surface area contributed by atoms with Crippen molar-refractivity contribution in [1.82, 2.24) is 9.29 Å². The molecule has 0 saturated carbocycles. The third kappa shape index (κ3) is 3.09. The zero-order chi connectivity index (χ0) is 19.0. The van der Waals surface area contributed by atoms with Crippen molar-refractivity contribution in [3.05, 3.63) is 58.6 Å². The fraction of sp³-hybridized carbons (Fsp3) is 0.222. The van der Waals surface area contributed by atoms with Crippen LogP contribution in [0.3, 0.4) is 0 Å². The van der Waals surface area contributed by atoms with Gasteiger partial charge in [-0.25, -0.2) is 13.2 Å². The second kappa shape index (κ2) is 6.57. The van der Waals surface area contributed by atoms with E-state index in [0.717, 1.165) is 5.69 Å². The van der Waals surface area contributed by atoms with Crippen LogP contribution in [0, 0.1) is 11.3 Å². The number of rotatable bonds is 3. The first-order valence-electron chi connectivity index (χ1n) is 8.36. The quantitative estimate of drug-likeness (QED) is 0.733. The zero-order valence-electron chi connectivity index (χ0n) is 14.3. The summed E-state index contributed by atoms with van der Waals surface area (Å²) in [5, 5.41) is 9.18. The summed E-state index contributed by atoms with van der Waals surface area (Å²) in [6.45, 7) is 1.59. The van der Waals surface area contributed by atoms with E-state index in [1.165, 1.54) is 16.4 Å². The lowest BCUT2D eigenvalue weighted by molar-refractivity contribution is 0.385. The first-order valence-corrected chi connectivity index (χ1v) is 9.80. The van der Waals surface area contributed by atoms with E-state index in [1.54, 1.807) is 24.3 Å². The van der Waals surface area contributed by atoms with Crippen molar-refractivity contribution >= 4 is 26.8 Å². The van der Waals surface area contributed by atoms with Crippen molar-refractivity contribution in [3.8, 4) is 6.07 Å². The number of aromatic nitrogens is 1. The van der Waals surface area contributed by atoms with Crippen molar-refractivity contribution < 1.29 is 12.8 Å². The molecule has 0 bridgehead atoms. The molecule has 0 atom stereocenters. The van der Waals surface area contributed by atoms with Gasteiger partial charge in [-0.1, -0.05) is 12.1 Å². The SMILES string of the molecule is N#Cc1ccccc1S(=O)(=O)N1CCN(c2ccc3[nH]c(=O)oc3c2)CC1. The molecule has 4 rings (SSSR count). The second-order valence-electron chi connectivity index (χ2n) is 6.19. The molecule has 3 aromatic rings. The highest BCUT2D eigenvalue weighted by Gasteiger charge is 2.30. The minimum Gasteiger partial charge on any atom is -0.408 e. The summed E-state index contributed by atoms with van der Waals surface area (Å²) in [6.07, 6.45) is 0. The number of nitrogens with one attached hydrogen (secondary N) is 1. The van der Waals surface area contributed by atoms with E-state index >= 15 is 0 Å². The molecule has 1 aliphatic rings. The van der Waals surface area contributed by atoms with Gasteiger partial charge in [0.2, 0.25) is 10.0 Å². The van der Waals surface area contributed by atoms with E-state index in [0.29, 0.717) is 37.3 Å². The molecule has 1 aromatic heterocycles. The van der Waals surface area contributed by atoms with Crippen LogP contribution >= 0.6 is 0 Å². The monoisotopic (exact) mass is 384 g/mol. The van der Waals surface area contributed by atoms with Gasteiger partial charge in [-0.2, -0.15) is 9.57 Å². The number of oxazole rings is 1. The van der Waals surface area contributed by atoms with Crippen LogP contribution in [0.2, 0.25) is 0 Å². The molecule has 0 spiro atoms. The Hall–Kier alpha value is -3.09. The molecule has 0 radical (unpaired) electrons. The van der Waals surface area contributed by atoms with Gasteiger partial charge in [-0.3, -0.25) is 4.98 Å². The molecule has 2 aromatic carbocycles. The van der Waals surface area contributed by atoms with E-state index in [-0.39, 0.29) is 10.5 Å². The van der Waals surface area contributed by atoms with Crippen molar-refractivity contribution in [2.45, 2.75) is 4.90 Å². The van der Waals surface area contributed by atoms with Crippen molar-refractivity contribution in [3.63, 3.8) is 0 Å². The van der Waals surface area contributed by atoms with Gasteiger partial charge in [-0.05, 0) is 24.3 Å². The van der Waals surface area contributed by atoms with Gasteiger partial charge in [0.15, 0.2) is 5.58 Å². The average molecular weight is 384 g/mol. The maximum absolute atomic E-state index is 12.9. The van der Waals surface area contributed by atoms with Gasteiger partial charge in [0.1, 0.15) is 6.07 Å². The summed E-state index contributed by atoms with van der Waals surface area (Å²) in [4.78, 5) is 15.9. The molecular formula is C18H16N4O4S. The highest BCUT2D eigenvalue weighted by molar-refractivity contribution is 7.89.